The van der Waals surface area contributed by atoms with Crippen molar-refractivity contribution in [3.05, 3.63) is 16.5 Å². The molecule has 1 saturated heterocycles. The van der Waals surface area contributed by atoms with Crippen LogP contribution in [0.1, 0.15) is 44.0 Å². The number of nitrogens with one attached hydrogen (secondary N) is 1. The average Bonchev–Trinajstić information content (AvgIpc) is 2.40. The minimum Gasteiger partial charge on any atom is -0.369 e. The Hall–Kier alpha value is -0.870. The molecule has 4 nitrogen and oxygen atoms in total. The fourth-order valence-electron chi connectivity index (χ4n) is 2.62. The Bertz CT molecular complexity index is 461. The van der Waals surface area contributed by atoms with E-state index in [1.807, 2.05) is 6.92 Å². The van der Waals surface area contributed by atoms with Crippen molar-refractivity contribution in [1.29, 1.82) is 0 Å². The molecule has 0 amide bonds. The van der Waals surface area contributed by atoms with E-state index in [0.717, 1.165) is 30.3 Å². The van der Waals surface area contributed by atoms with Gasteiger partial charge in [0.1, 0.15) is 16.8 Å². The third-order valence-corrected chi connectivity index (χ3v) is 4.27. The number of nitrogens with zero attached hydrogens (tertiary/aromatic N) is 3. The van der Waals surface area contributed by atoms with Crippen molar-refractivity contribution >= 4 is 17.4 Å². The van der Waals surface area contributed by atoms with E-state index < -0.39 is 0 Å². The first kappa shape index (κ1) is 15.5. The summed E-state index contributed by atoms with van der Waals surface area (Å²) in [6.07, 6.45) is 2.57. The lowest BCUT2D eigenvalue weighted by Crippen LogP contribution is -2.35. The highest BCUT2D eigenvalue weighted by Crippen LogP contribution is 2.24. The predicted molar refractivity (Wildman–Crippen MR) is 84.6 cm³/mol. The van der Waals surface area contributed by atoms with Crippen molar-refractivity contribution in [3.8, 4) is 0 Å². The number of halogens is 1. The van der Waals surface area contributed by atoms with Crippen LogP contribution in [-0.2, 0) is 0 Å². The second-order valence-electron chi connectivity index (χ2n) is 6.15. The molecule has 1 atom stereocenters. The third kappa shape index (κ3) is 3.83. The molecule has 20 heavy (non-hydrogen) atoms. The lowest BCUT2D eigenvalue weighted by molar-refractivity contribution is 0.217. The van der Waals surface area contributed by atoms with Crippen molar-refractivity contribution in [1.82, 2.24) is 14.9 Å². The second kappa shape index (κ2) is 6.72. The van der Waals surface area contributed by atoms with Crippen LogP contribution in [0.25, 0.3) is 0 Å². The van der Waals surface area contributed by atoms with Crippen LogP contribution in [0.5, 0.6) is 0 Å². The van der Waals surface area contributed by atoms with Gasteiger partial charge in [0.15, 0.2) is 0 Å². The van der Waals surface area contributed by atoms with Crippen molar-refractivity contribution in [2.24, 2.45) is 5.92 Å². The molecule has 0 aromatic carbocycles. The molecule has 2 rings (SSSR count). The monoisotopic (exact) mass is 296 g/mol. The zero-order chi connectivity index (χ0) is 14.7. The molecule has 0 radical (unpaired) electrons. The van der Waals surface area contributed by atoms with E-state index >= 15 is 0 Å². The quantitative estimate of drug-likeness (QED) is 0.866. The summed E-state index contributed by atoms with van der Waals surface area (Å²) < 4.78 is 0. The smallest absolute Gasteiger partial charge is 0.137 e. The highest BCUT2D eigenvalue weighted by atomic mass is 35.5. The van der Waals surface area contributed by atoms with Gasteiger partial charge in [-0.2, -0.15) is 0 Å². The number of hydrogen-bond donors (Lipinski definition) is 1. The normalized spacial score (nSPS) is 20.4. The summed E-state index contributed by atoms with van der Waals surface area (Å²) in [7, 11) is 2.19. The van der Waals surface area contributed by atoms with Gasteiger partial charge in [-0.15, -0.1) is 0 Å². The number of rotatable bonds is 4. The maximum Gasteiger partial charge on any atom is 0.137 e. The molecule has 0 saturated carbocycles. The molecule has 1 aliphatic rings. The van der Waals surface area contributed by atoms with Crippen LogP contribution in [0.15, 0.2) is 0 Å². The van der Waals surface area contributed by atoms with E-state index in [0.29, 0.717) is 11.1 Å². The van der Waals surface area contributed by atoms with Gasteiger partial charge in [-0.25, -0.2) is 9.97 Å². The number of likely N-dealkylation sites (tertiary alicyclic amines) is 1. The first-order valence-corrected chi connectivity index (χ1v) is 7.81. The van der Waals surface area contributed by atoms with Gasteiger partial charge >= 0.3 is 0 Å². The molecule has 112 valence electrons. The molecular formula is C15H25ClN4. The van der Waals surface area contributed by atoms with E-state index in [1.54, 1.807) is 0 Å². The first-order valence-electron chi connectivity index (χ1n) is 7.43. The first-order chi connectivity index (χ1) is 9.47. The molecule has 5 heteroatoms. The minimum atomic E-state index is 0.287. The Morgan fingerprint density at radius 3 is 2.80 bits per heavy atom. The van der Waals surface area contributed by atoms with Crippen LogP contribution in [-0.4, -0.2) is 41.5 Å². The fraction of sp³-hybridized carbons (Fsp3) is 0.733. The summed E-state index contributed by atoms with van der Waals surface area (Å²) in [6, 6.07) is 0. The van der Waals surface area contributed by atoms with E-state index in [2.05, 4.69) is 41.1 Å². The Labute approximate surface area is 126 Å². The summed E-state index contributed by atoms with van der Waals surface area (Å²) in [6.45, 7) is 9.47. The van der Waals surface area contributed by atoms with Gasteiger partial charge in [0.2, 0.25) is 0 Å². The van der Waals surface area contributed by atoms with E-state index in [1.165, 1.54) is 19.4 Å². The lowest BCUT2D eigenvalue weighted by atomic mass is 9.98. The number of aromatic nitrogens is 2. The summed E-state index contributed by atoms with van der Waals surface area (Å²) in [4.78, 5) is 11.4. The van der Waals surface area contributed by atoms with Gasteiger partial charge in [0, 0.05) is 24.6 Å². The topological polar surface area (TPSA) is 41.1 Å². The maximum absolute atomic E-state index is 6.21. The van der Waals surface area contributed by atoms with Crippen molar-refractivity contribution in [2.75, 3.05) is 32.0 Å². The molecular weight excluding hydrogens is 272 g/mol. The molecule has 2 heterocycles. The Morgan fingerprint density at radius 1 is 1.40 bits per heavy atom. The molecule has 1 N–H and O–H groups in total. The van der Waals surface area contributed by atoms with Crippen molar-refractivity contribution < 1.29 is 0 Å². The Morgan fingerprint density at radius 2 is 2.15 bits per heavy atom. The van der Waals surface area contributed by atoms with E-state index in [4.69, 9.17) is 11.6 Å². The van der Waals surface area contributed by atoms with Gasteiger partial charge in [-0.3, -0.25) is 0 Å². The molecule has 1 unspecified atom stereocenters. The van der Waals surface area contributed by atoms with E-state index in [-0.39, 0.29) is 5.92 Å². The highest BCUT2D eigenvalue weighted by molar-refractivity contribution is 6.30. The Balaban J connectivity index is 2.04. The summed E-state index contributed by atoms with van der Waals surface area (Å²) in [5.74, 6) is 2.67. The molecule has 1 fully saturated rings. The van der Waals surface area contributed by atoms with Gasteiger partial charge in [0.05, 0.1) is 0 Å². The average molecular weight is 297 g/mol. The standard InChI is InChI=1S/C15H25ClN4/c1-10(2)14-18-13(16)11(3)15(19-14)17-8-12-6-5-7-20(4)9-12/h10,12H,5-9H2,1-4H3,(H,17,18,19). The lowest BCUT2D eigenvalue weighted by Gasteiger charge is -2.30. The SMILES string of the molecule is Cc1c(Cl)nc(C(C)C)nc1NCC1CCCN(C)C1. The molecule has 0 aliphatic carbocycles. The van der Waals surface area contributed by atoms with Gasteiger partial charge < -0.3 is 10.2 Å². The summed E-state index contributed by atoms with van der Waals surface area (Å²) in [5.41, 5.74) is 0.945. The van der Waals surface area contributed by atoms with Crippen LogP contribution >= 0.6 is 11.6 Å². The zero-order valence-corrected chi connectivity index (χ0v) is 13.7. The zero-order valence-electron chi connectivity index (χ0n) is 12.9. The number of piperidine rings is 1. The van der Waals surface area contributed by atoms with Gasteiger partial charge in [-0.1, -0.05) is 25.4 Å². The molecule has 0 spiro atoms. The summed E-state index contributed by atoms with van der Waals surface area (Å²) >= 11 is 6.21. The molecule has 1 aromatic heterocycles. The van der Waals surface area contributed by atoms with Crippen LogP contribution < -0.4 is 5.32 Å². The molecule has 1 aromatic rings. The molecule has 1 aliphatic heterocycles. The van der Waals surface area contributed by atoms with Crippen LogP contribution in [0.4, 0.5) is 5.82 Å². The van der Waals surface area contributed by atoms with Crippen LogP contribution in [0.2, 0.25) is 5.15 Å². The summed E-state index contributed by atoms with van der Waals surface area (Å²) in [5, 5.41) is 4.04. The highest BCUT2D eigenvalue weighted by Gasteiger charge is 2.18. The van der Waals surface area contributed by atoms with Crippen molar-refractivity contribution in [2.45, 2.75) is 39.5 Å². The second-order valence-corrected chi connectivity index (χ2v) is 6.51. The third-order valence-electron chi connectivity index (χ3n) is 3.90. The number of anilines is 1. The maximum atomic E-state index is 6.21. The van der Waals surface area contributed by atoms with Gasteiger partial charge in [-0.05, 0) is 39.3 Å². The van der Waals surface area contributed by atoms with Crippen LogP contribution in [0.3, 0.4) is 0 Å². The predicted octanol–water partition coefficient (Wildman–Crippen LogP) is 3.32. The van der Waals surface area contributed by atoms with E-state index in [9.17, 15) is 0 Å². The van der Waals surface area contributed by atoms with Crippen LogP contribution in [0, 0.1) is 12.8 Å². The largest absolute Gasteiger partial charge is 0.369 e. The molecule has 0 bridgehead atoms. The fourth-order valence-corrected chi connectivity index (χ4v) is 2.79. The van der Waals surface area contributed by atoms with Gasteiger partial charge in [0.25, 0.3) is 0 Å². The minimum absolute atomic E-state index is 0.287. The number of hydrogen-bond acceptors (Lipinski definition) is 4. The van der Waals surface area contributed by atoms with Crippen molar-refractivity contribution in [3.63, 3.8) is 0 Å². The Kier molecular flexibility index (Phi) is 5.22.